The highest BCUT2D eigenvalue weighted by atomic mass is 32.1. The fraction of sp³-hybridized carbons (Fsp3) is 0.353. The lowest BCUT2D eigenvalue weighted by Gasteiger charge is -2.09. The topological polar surface area (TPSA) is 45.0 Å². The zero-order chi connectivity index (χ0) is 14.7. The molecule has 0 saturated carbocycles. The van der Waals surface area contributed by atoms with Gasteiger partial charge >= 0.3 is 0 Å². The van der Waals surface area contributed by atoms with Crippen LogP contribution in [0.1, 0.15) is 32.9 Å². The third-order valence-corrected chi connectivity index (χ3v) is 5.06. The van der Waals surface area contributed by atoms with Gasteiger partial charge in [-0.05, 0) is 49.1 Å². The van der Waals surface area contributed by atoms with Crippen LogP contribution < -0.4 is 10.1 Å². The van der Waals surface area contributed by atoms with Crippen LogP contribution in [0.4, 0.5) is 0 Å². The first kappa shape index (κ1) is 14.1. The zero-order valence-corrected chi connectivity index (χ0v) is 12.9. The summed E-state index contributed by atoms with van der Waals surface area (Å²) in [7, 11) is 1.66. The lowest BCUT2D eigenvalue weighted by molar-refractivity contribution is 0.407. The molecule has 0 amide bonds. The van der Waals surface area contributed by atoms with Gasteiger partial charge in [0.1, 0.15) is 5.75 Å². The summed E-state index contributed by atoms with van der Waals surface area (Å²) in [6.45, 7) is 1.58. The highest BCUT2D eigenvalue weighted by molar-refractivity contribution is 7.12. The van der Waals surface area contributed by atoms with Crippen LogP contribution in [0.5, 0.6) is 5.75 Å². The predicted octanol–water partition coefficient (Wildman–Crippen LogP) is 3.41. The minimum atomic E-state index is 0.669. The molecule has 1 aliphatic rings. The number of nitrogens with one attached hydrogen (secondary N) is 1. The van der Waals surface area contributed by atoms with Crippen molar-refractivity contribution in [2.24, 2.45) is 0 Å². The summed E-state index contributed by atoms with van der Waals surface area (Å²) in [6.07, 6.45) is 3.80. The van der Waals surface area contributed by atoms with Gasteiger partial charge in [-0.25, -0.2) is 0 Å². The van der Waals surface area contributed by atoms with Gasteiger partial charge in [-0.1, -0.05) is 0 Å². The molecule has 3 rings (SSSR count). The Bertz CT molecular complexity index is 663. The van der Waals surface area contributed by atoms with E-state index in [2.05, 4.69) is 17.5 Å². The molecule has 2 aromatic rings. The van der Waals surface area contributed by atoms with Gasteiger partial charge in [-0.2, -0.15) is 5.26 Å². The van der Waals surface area contributed by atoms with Crippen LogP contribution in [0.3, 0.4) is 0 Å². The molecule has 0 saturated heterocycles. The Morgan fingerprint density at radius 1 is 1.29 bits per heavy atom. The molecule has 0 atom stereocenters. The molecule has 0 spiro atoms. The van der Waals surface area contributed by atoms with Crippen molar-refractivity contribution in [2.45, 2.75) is 32.4 Å². The standard InChI is InChI=1S/C17H18N2OS/c1-20-16-6-5-12(9-18)7-14(16)10-19-11-15-8-13-3-2-4-17(13)21-15/h5-8,19H,2-4,10-11H2,1H3. The molecule has 1 aliphatic carbocycles. The van der Waals surface area contributed by atoms with Crippen molar-refractivity contribution in [1.29, 1.82) is 5.26 Å². The van der Waals surface area contributed by atoms with E-state index in [1.807, 2.05) is 23.5 Å². The molecule has 4 heteroatoms. The second-order valence-corrected chi connectivity index (χ2v) is 6.48. The number of ether oxygens (including phenoxy) is 1. The average Bonchev–Trinajstić information content (AvgIpc) is 3.08. The Kier molecular flexibility index (Phi) is 4.23. The molecule has 1 heterocycles. The van der Waals surface area contributed by atoms with E-state index in [1.165, 1.54) is 24.1 Å². The van der Waals surface area contributed by atoms with Crippen LogP contribution in [0.15, 0.2) is 24.3 Å². The van der Waals surface area contributed by atoms with Gasteiger partial charge in [0.15, 0.2) is 0 Å². The smallest absolute Gasteiger partial charge is 0.123 e. The fourth-order valence-corrected chi connectivity index (χ4v) is 4.01. The molecule has 0 bridgehead atoms. The van der Waals surface area contributed by atoms with Gasteiger partial charge < -0.3 is 10.1 Å². The maximum atomic E-state index is 8.99. The van der Waals surface area contributed by atoms with E-state index in [-0.39, 0.29) is 0 Å². The number of aryl methyl sites for hydroxylation is 2. The lowest BCUT2D eigenvalue weighted by atomic mass is 10.1. The summed E-state index contributed by atoms with van der Waals surface area (Å²) in [4.78, 5) is 2.96. The highest BCUT2D eigenvalue weighted by Crippen LogP contribution is 2.30. The van der Waals surface area contributed by atoms with Gasteiger partial charge in [-0.15, -0.1) is 11.3 Å². The SMILES string of the molecule is COc1ccc(C#N)cc1CNCc1cc2c(s1)CCC2. The number of thiophene rings is 1. The summed E-state index contributed by atoms with van der Waals surface area (Å²) in [5, 5.41) is 12.4. The summed E-state index contributed by atoms with van der Waals surface area (Å²) in [5.41, 5.74) is 3.24. The molecular formula is C17H18N2OS. The molecule has 108 valence electrons. The molecule has 1 N–H and O–H groups in total. The van der Waals surface area contributed by atoms with Crippen LogP contribution in [-0.4, -0.2) is 7.11 Å². The Hall–Kier alpha value is -1.83. The van der Waals surface area contributed by atoms with Crippen molar-refractivity contribution in [2.75, 3.05) is 7.11 Å². The second kappa shape index (κ2) is 6.30. The molecule has 21 heavy (non-hydrogen) atoms. The van der Waals surface area contributed by atoms with Crippen molar-refractivity contribution in [3.8, 4) is 11.8 Å². The van der Waals surface area contributed by atoms with Crippen LogP contribution in [0.2, 0.25) is 0 Å². The molecule has 0 aliphatic heterocycles. The minimum absolute atomic E-state index is 0.669. The van der Waals surface area contributed by atoms with Gasteiger partial charge in [0.25, 0.3) is 0 Å². The van der Waals surface area contributed by atoms with Crippen molar-refractivity contribution in [3.05, 3.63) is 50.7 Å². The van der Waals surface area contributed by atoms with E-state index in [0.29, 0.717) is 12.1 Å². The van der Waals surface area contributed by atoms with Crippen LogP contribution >= 0.6 is 11.3 Å². The largest absolute Gasteiger partial charge is 0.496 e. The first-order valence-electron chi connectivity index (χ1n) is 7.18. The second-order valence-electron chi connectivity index (χ2n) is 5.26. The van der Waals surface area contributed by atoms with E-state index < -0.39 is 0 Å². The molecule has 0 unspecified atom stereocenters. The molecule has 3 nitrogen and oxygen atoms in total. The van der Waals surface area contributed by atoms with E-state index in [9.17, 15) is 0 Å². The molecular weight excluding hydrogens is 280 g/mol. The quantitative estimate of drug-likeness (QED) is 0.920. The Morgan fingerprint density at radius 3 is 2.95 bits per heavy atom. The van der Waals surface area contributed by atoms with E-state index >= 15 is 0 Å². The third-order valence-electron chi connectivity index (χ3n) is 3.82. The number of hydrogen-bond acceptors (Lipinski definition) is 4. The first-order chi connectivity index (χ1) is 10.3. The summed E-state index contributed by atoms with van der Waals surface area (Å²) >= 11 is 1.93. The van der Waals surface area contributed by atoms with Crippen LogP contribution in [0.25, 0.3) is 0 Å². The van der Waals surface area contributed by atoms with Gasteiger partial charge in [0.2, 0.25) is 0 Å². The van der Waals surface area contributed by atoms with Gasteiger partial charge in [0.05, 0.1) is 18.7 Å². The number of hydrogen-bond donors (Lipinski definition) is 1. The summed E-state index contributed by atoms with van der Waals surface area (Å²) < 4.78 is 5.35. The number of fused-ring (bicyclic) bond motifs is 1. The minimum Gasteiger partial charge on any atom is -0.496 e. The lowest BCUT2D eigenvalue weighted by Crippen LogP contribution is -2.12. The predicted molar refractivity (Wildman–Crippen MR) is 84.6 cm³/mol. The maximum Gasteiger partial charge on any atom is 0.123 e. The van der Waals surface area contributed by atoms with Gasteiger partial charge in [-0.3, -0.25) is 0 Å². The summed E-state index contributed by atoms with van der Waals surface area (Å²) in [6, 6.07) is 10.0. The molecule has 1 aromatic carbocycles. The number of benzene rings is 1. The number of nitriles is 1. The van der Waals surface area contributed by atoms with E-state index in [4.69, 9.17) is 10.00 Å². The Morgan fingerprint density at radius 2 is 2.19 bits per heavy atom. The fourth-order valence-electron chi connectivity index (χ4n) is 2.78. The van der Waals surface area contributed by atoms with Crippen LogP contribution in [0, 0.1) is 11.3 Å². The van der Waals surface area contributed by atoms with Crippen molar-refractivity contribution in [3.63, 3.8) is 0 Å². The highest BCUT2D eigenvalue weighted by Gasteiger charge is 2.14. The maximum absolute atomic E-state index is 8.99. The number of rotatable bonds is 5. The average molecular weight is 298 g/mol. The third kappa shape index (κ3) is 3.10. The van der Waals surface area contributed by atoms with E-state index in [1.54, 1.807) is 23.6 Å². The summed E-state index contributed by atoms with van der Waals surface area (Å²) in [5.74, 6) is 0.829. The van der Waals surface area contributed by atoms with E-state index in [0.717, 1.165) is 17.9 Å². The first-order valence-corrected chi connectivity index (χ1v) is 8.00. The van der Waals surface area contributed by atoms with Gasteiger partial charge in [0, 0.05) is 28.4 Å². The van der Waals surface area contributed by atoms with Crippen molar-refractivity contribution in [1.82, 2.24) is 5.32 Å². The van der Waals surface area contributed by atoms with Crippen molar-refractivity contribution >= 4 is 11.3 Å². The molecule has 0 fully saturated rings. The Balaban J connectivity index is 1.63. The molecule has 1 aromatic heterocycles. The number of nitrogens with zero attached hydrogens (tertiary/aromatic N) is 1. The van der Waals surface area contributed by atoms with Crippen molar-refractivity contribution < 1.29 is 4.74 Å². The Labute approximate surface area is 129 Å². The zero-order valence-electron chi connectivity index (χ0n) is 12.1. The molecule has 0 radical (unpaired) electrons. The normalized spacial score (nSPS) is 13.0. The van der Waals surface area contributed by atoms with Crippen LogP contribution in [-0.2, 0) is 25.9 Å². The number of methoxy groups -OCH3 is 1. The monoisotopic (exact) mass is 298 g/mol.